The third kappa shape index (κ3) is 4.15. The number of hydrogen-bond donors (Lipinski definition) is 2. The molecule has 0 fully saturated rings. The van der Waals surface area contributed by atoms with Crippen LogP contribution in [-0.2, 0) is 0 Å². The number of aromatic nitrogens is 2. The Morgan fingerprint density at radius 3 is 2.61 bits per heavy atom. The Labute approximate surface area is 206 Å². The quantitative estimate of drug-likeness (QED) is 0.381. The molecule has 2 N–H and O–H groups in total. The van der Waals surface area contributed by atoms with Gasteiger partial charge in [0.25, 0.3) is 5.89 Å². The number of nitrogens with zero attached hydrogens (tertiary/aromatic N) is 3. The predicted octanol–water partition coefficient (Wildman–Crippen LogP) is 5.60. The zero-order valence-electron chi connectivity index (χ0n) is 19.8. The number of amides is 2. The smallest absolute Gasteiger partial charge is 0.327 e. The fourth-order valence-electron chi connectivity index (χ4n) is 4.32. The highest BCUT2D eigenvalue weighted by molar-refractivity contribution is 6.01. The van der Waals surface area contributed by atoms with E-state index in [-0.39, 0.29) is 11.6 Å². The molecule has 0 bridgehead atoms. The summed E-state index contributed by atoms with van der Waals surface area (Å²) in [6.07, 6.45) is 0. The van der Waals surface area contributed by atoms with Gasteiger partial charge in [0.1, 0.15) is 5.82 Å². The van der Waals surface area contributed by atoms with E-state index in [2.05, 4.69) is 15.5 Å². The fourth-order valence-corrected chi connectivity index (χ4v) is 4.32. The van der Waals surface area contributed by atoms with Crippen LogP contribution in [0.5, 0.6) is 11.5 Å². The van der Waals surface area contributed by atoms with E-state index in [0.717, 1.165) is 11.1 Å². The number of allylic oxidation sites excluding steroid dienone is 1. The average Bonchev–Trinajstić information content (AvgIpc) is 3.33. The molecule has 0 radical (unpaired) electrons. The van der Waals surface area contributed by atoms with Gasteiger partial charge in [-0.05, 0) is 55.8 Å². The van der Waals surface area contributed by atoms with E-state index < -0.39 is 17.9 Å². The molecule has 5 rings (SSSR count). The molecule has 1 aliphatic heterocycles. The van der Waals surface area contributed by atoms with Crippen LogP contribution in [0.2, 0.25) is 0 Å². The number of phenols is 1. The summed E-state index contributed by atoms with van der Waals surface area (Å²) in [5.41, 5.74) is 3.73. The van der Waals surface area contributed by atoms with E-state index in [1.54, 1.807) is 25.1 Å². The van der Waals surface area contributed by atoms with E-state index in [1.165, 1.54) is 36.3 Å². The van der Waals surface area contributed by atoms with Crippen LogP contribution < -0.4 is 15.0 Å². The molecule has 1 unspecified atom stereocenters. The van der Waals surface area contributed by atoms with Gasteiger partial charge in [-0.15, -0.1) is 0 Å². The first-order chi connectivity index (χ1) is 17.4. The highest BCUT2D eigenvalue weighted by atomic mass is 19.1. The van der Waals surface area contributed by atoms with Gasteiger partial charge in [0, 0.05) is 11.3 Å². The molecular formula is C27H23FN4O4. The van der Waals surface area contributed by atoms with Crippen molar-refractivity contribution in [1.29, 1.82) is 0 Å². The zero-order chi connectivity index (χ0) is 25.4. The fraction of sp³-hybridized carbons (Fsp3) is 0.148. The lowest BCUT2D eigenvalue weighted by molar-refractivity contribution is 0.244. The van der Waals surface area contributed by atoms with Gasteiger partial charge in [0.2, 0.25) is 5.82 Å². The number of halogens is 1. The number of hydrogen-bond acceptors (Lipinski definition) is 6. The maximum atomic E-state index is 14.0. The minimum Gasteiger partial charge on any atom is -0.504 e. The molecule has 182 valence electrons. The van der Waals surface area contributed by atoms with Crippen LogP contribution in [0, 0.1) is 12.7 Å². The number of aromatic hydroxyl groups is 1. The van der Waals surface area contributed by atoms with Crippen molar-refractivity contribution in [3.8, 4) is 22.9 Å². The van der Waals surface area contributed by atoms with E-state index in [9.17, 15) is 14.3 Å². The van der Waals surface area contributed by atoms with Gasteiger partial charge in [-0.1, -0.05) is 41.1 Å². The minimum atomic E-state index is -0.732. The Bertz CT molecular complexity index is 1500. The molecule has 1 aliphatic rings. The Kier molecular flexibility index (Phi) is 5.89. The molecule has 2 amide bonds. The number of nitrogens with one attached hydrogen (secondary N) is 1. The number of urea groups is 1. The predicted molar refractivity (Wildman–Crippen MR) is 132 cm³/mol. The van der Waals surface area contributed by atoms with Crippen molar-refractivity contribution in [2.45, 2.75) is 19.9 Å². The zero-order valence-corrected chi connectivity index (χ0v) is 19.8. The van der Waals surface area contributed by atoms with Crippen LogP contribution in [-0.4, -0.2) is 28.4 Å². The third-order valence-electron chi connectivity index (χ3n) is 6.02. The highest BCUT2D eigenvalue weighted by Crippen LogP contribution is 2.41. The highest BCUT2D eigenvalue weighted by Gasteiger charge is 2.37. The van der Waals surface area contributed by atoms with Crippen molar-refractivity contribution < 1.29 is 23.6 Å². The van der Waals surface area contributed by atoms with Gasteiger partial charge in [-0.3, -0.25) is 4.90 Å². The standard InChI is InChI=1S/C27H23FN4O4/c1-15-6-4-7-18(12-15)25-30-26(36-31-25)23-16(2)32(20-9-5-8-19(28)14-20)27(34)29-24(23)17-10-11-22(35-3)21(33)13-17/h4-14,24,33H,1-3H3,(H,29,34). The SMILES string of the molecule is COc1ccc(C2NC(=O)N(c3cccc(F)c3)C(C)=C2c2nc(-c3cccc(C)c3)no2)cc1O. The number of aryl methyl sites for hydroxylation is 1. The number of methoxy groups -OCH3 is 1. The van der Waals surface area contributed by atoms with Gasteiger partial charge >= 0.3 is 6.03 Å². The molecule has 1 atom stereocenters. The van der Waals surface area contributed by atoms with Crippen LogP contribution in [0.3, 0.4) is 0 Å². The van der Waals surface area contributed by atoms with Gasteiger partial charge in [-0.25, -0.2) is 9.18 Å². The van der Waals surface area contributed by atoms with Crippen molar-refractivity contribution in [1.82, 2.24) is 15.5 Å². The molecule has 8 nitrogen and oxygen atoms in total. The summed E-state index contributed by atoms with van der Waals surface area (Å²) in [5.74, 6) is 0.311. The molecule has 1 aromatic heterocycles. The van der Waals surface area contributed by atoms with Crippen LogP contribution in [0.25, 0.3) is 17.0 Å². The lowest BCUT2D eigenvalue weighted by Gasteiger charge is -2.35. The van der Waals surface area contributed by atoms with Crippen molar-refractivity contribution in [2.75, 3.05) is 12.0 Å². The van der Waals surface area contributed by atoms with Crippen molar-refractivity contribution in [2.24, 2.45) is 0 Å². The summed E-state index contributed by atoms with van der Waals surface area (Å²) in [6.45, 7) is 3.70. The second-order valence-corrected chi connectivity index (χ2v) is 8.42. The molecular weight excluding hydrogens is 463 g/mol. The summed E-state index contributed by atoms with van der Waals surface area (Å²) < 4.78 is 24.9. The Morgan fingerprint density at radius 2 is 1.89 bits per heavy atom. The number of carbonyl (C=O) groups excluding carboxylic acids is 1. The molecule has 2 heterocycles. The number of phenolic OH excluding ortho intramolecular Hbond substituents is 1. The van der Waals surface area contributed by atoms with Crippen molar-refractivity contribution in [3.63, 3.8) is 0 Å². The topological polar surface area (TPSA) is 101 Å². The molecule has 0 aliphatic carbocycles. The number of benzene rings is 3. The van der Waals surface area contributed by atoms with Crippen molar-refractivity contribution >= 4 is 17.3 Å². The first kappa shape index (κ1) is 23.1. The van der Waals surface area contributed by atoms with Crippen LogP contribution in [0.4, 0.5) is 14.9 Å². The van der Waals surface area contributed by atoms with Crippen LogP contribution >= 0.6 is 0 Å². The summed E-state index contributed by atoms with van der Waals surface area (Å²) in [7, 11) is 1.45. The summed E-state index contributed by atoms with van der Waals surface area (Å²) in [4.78, 5) is 19.2. The second-order valence-electron chi connectivity index (χ2n) is 8.42. The molecule has 0 saturated carbocycles. The van der Waals surface area contributed by atoms with Gasteiger partial charge < -0.3 is 19.7 Å². The number of ether oxygens (including phenoxy) is 1. The number of rotatable bonds is 5. The third-order valence-corrected chi connectivity index (χ3v) is 6.02. The van der Waals surface area contributed by atoms with Gasteiger partial charge in [-0.2, -0.15) is 4.98 Å². The molecule has 9 heteroatoms. The van der Waals surface area contributed by atoms with Crippen LogP contribution in [0.15, 0.2) is 77.0 Å². The molecule has 0 spiro atoms. The van der Waals surface area contributed by atoms with Crippen LogP contribution in [0.1, 0.15) is 30.0 Å². The summed E-state index contributed by atoms with van der Waals surface area (Å²) >= 11 is 0. The maximum absolute atomic E-state index is 14.0. The van der Waals surface area contributed by atoms with Crippen molar-refractivity contribution in [3.05, 3.63) is 95.3 Å². The largest absolute Gasteiger partial charge is 0.504 e. The maximum Gasteiger partial charge on any atom is 0.327 e. The molecule has 0 saturated heterocycles. The van der Waals surface area contributed by atoms with E-state index in [0.29, 0.717) is 34.1 Å². The second kappa shape index (κ2) is 9.18. The number of carbonyl (C=O) groups is 1. The Hall–Kier alpha value is -4.66. The van der Waals surface area contributed by atoms with Gasteiger partial charge in [0.05, 0.1) is 24.4 Å². The minimum absolute atomic E-state index is 0.0835. The molecule has 36 heavy (non-hydrogen) atoms. The summed E-state index contributed by atoms with van der Waals surface area (Å²) in [6, 6.07) is 17.1. The normalized spacial score (nSPS) is 15.7. The van der Waals surface area contributed by atoms with E-state index in [1.807, 2.05) is 31.2 Å². The van der Waals surface area contributed by atoms with Gasteiger partial charge in [0.15, 0.2) is 11.5 Å². The van der Waals surface area contributed by atoms with E-state index >= 15 is 0 Å². The monoisotopic (exact) mass is 486 g/mol. The Balaban J connectivity index is 1.67. The summed E-state index contributed by atoms with van der Waals surface area (Å²) in [5, 5.41) is 17.5. The lowest BCUT2D eigenvalue weighted by atomic mass is 9.94. The lowest BCUT2D eigenvalue weighted by Crippen LogP contribution is -2.46. The first-order valence-electron chi connectivity index (χ1n) is 11.2. The average molecular weight is 487 g/mol. The van der Waals surface area contributed by atoms with E-state index in [4.69, 9.17) is 9.26 Å². The first-order valence-corrected chi connectivity index (χ1v) is 11.2. The molecule has 4 aromatic rings. The Morgan fingerprint density at radius 1 is 1.08 bits per heavy atom. The molecule has 3 aromatic carbocycles. The number of anilines is 1.